The maximum Gasteiger partial charge on any atom is 0.336 e. The molecule has 2 rings (SSSR count). The number of carbonyl (C=O) groups is 1. The van der Waals surface area contributed by atoms with Crippen LogP contribution >= 0.6 is 0 Å². The first-order valence-corrected chi connectivity index (χ1v) is 4.72. The molecular weight excluding hydrogens is 208 g/mol. The Morgan fingerprint density at radius 3 is 2.25 bits per heavy atom. The highest BCUT2D eigenvalue weighted by Crippen LogP contribution is 2.25. The van der Waals surface area contributed by atoms with Crippen molar-refractivity contribution in [1.82, 2.24) is 0 Å². The molecular formula is C12H10O4. The van der Waals surface area contributed by atoms with Crippen LogP contribution in [0.1, 0.15) is 22.2 Å². The molecule has 0 unspecified atom stereocenters. The van der Waals surface area contributed by atoms with Crippen LogP contribution in [0, 0.1) is 0 Å². The van der Waals surface area contributed by atoms with Crippen molar-refractivity contribution in [3.8, 4) is 0 Å². The molecule has 4 nitrogen and oxygen atoms in total. The molecule has 0 aromatic heterocycles. The summed E-state index contributed by atoms with van der Waals surface area (Å²) in [5.41, 5.74) is 0.459. The SMILES string of the molecule is O=C(O)c1cccc2c(C(O)O)cccc12. The van der Waals surface area contributed by atoms with Crippen LogP contribution in [0.15, 0.2) is 36.4 Å². The molecule has 0 aliphatic rings. The zero-order valence-corrected chi connectivity index (χ0v) is 8.29. The predicted molar refractivity (Wildman–Crippen MR) is 58.1 cm³/mol. The molecule has 2 aromatic carbocycles. The third-order valence-electron chi connectivity index (χ3n) is 2.46. The molecule has 4 heteroatoms. The van der Waals surface area contributed by atoms with Gasteiger partial charge in [-0.1, -0.05) is 30.3 Å². The quantitative estimate of drug-likeness (QED) is 0.668. The number of carboxylic acids is 1. The number of aliphatic hydroxyl groups excluding tert-OH is 1. The lowest BCUT2D eigenvalue weighted by Crippen LogP contribution is -2.00. The van der Waals surface area contributed by atoms with E-state index in [2.05, 4.69) is 0 Å². The highest BCUT2D eigenvalue weighted by molar-refractivity contribution is 6.04. The Morgan fingerprint density at radius 1 is 1.00 bits per heavy atom. The molecule has 0 radical (unpaired) electrons. The van der Waals surface area contributed by atoms with E-state index >= 15 is 0 Å². The van der Waals surface area contributed by atoms with E-state index in [4.69, 9.17) is 15.3 Å². The molecule has 0 aliphatic carbocycles. The van der Waals surface area contributed by atoms with Gasteiger partial charge < -0.3 is 15.3 Å². The second-order valence-electron chi connectivity index (χ2n) is 3.43. The molecule has 3 N–H and O–H groups in total. The Kier molecular flexibility index (Phi) is 2.60. The van der Waals surface area contributed by atoms with Gasteiger partial charge in [-0.2, -0.15) is 0 Å². The van der Waals surface area contributed by atoms with Crippen LogP contribution in [0.25, 0.3) is 10.8 Å². The summed E-state index contributed by atoms with van der Waals surface area (Å²) in [5, 5.41) is 28.3. The molecule has 16 heavy (non-hydrogen) atoms. The van der Waals surface area contributed by atoms with Crippen LogP contribution in [0.2, 0.25) is 0 Å². The maximum atomic E-state index is 11.0. The van der Waals surface area contributed by atoms with Gasteiger partial charge in [0.2, 0.25) is 0 Å². The third-order valence-corrected chi connectivity index (χ3v) is 2.46. The molecule has 0 bridgehead atoms. The lowest BCUT2D eigenvalue weighted by Gasteiger charge is -2.09. The highest BCUT2D eigenvalue weighted by Gasteiger charge is 2.12. The number of aliphatic hydroxyl groups is 2. The lowest BCUT2D eigenvalue weighted by atomic mass is 10.00. The number of carboxylic acid groups (broad SMARTS) is 1. The van der Waals surface area contributed by atoms with Gasteiger partial charge in [0.25, 0.3) is 0 Å². The number of rotatable bonds is 2. The molecule has 0 heterocycles. The Labute approximate surface area is 91.4 Å². The van der Waals surface area contributed by atoms with E-state index < -0.39 is 12.3 Å². The molecule has 0 saturated heterocycles. The second-order valence-corrected chi connectivity index (χ2v) is 3.43. The average molecular weight is 218 g/mol. The summed E-state index contributed by atoms with van der Waals surface area (Å²) < 4.78 is 0. The normalized spacial score (nSPS) is 10.9. The van der Waals surface area contributed by atoms with Gasteiger partial charge in [0.15, 0.2) is 6.29 Å². The van der Waals surface area contributed by atoms with E-state index in [1.165, 1.54) is 6.07 Å². The van der Waals surface area contributed by atoms with E-state index in [-0.39, 0.29) is 5.56 Å². The number of hydrogen-bond acceptors (Lipinski definition) is 3. The fraction of sp³-hybridized carbons (Fsp3) is 0.0833. The third kappa shape index (κ3) is 1.64. The first-order chi connectivity index (χ1) is 7.61. The fourth-order valence-corrected chi connectivity index (χ4v) is 1.75. The van der Waals surface area contributed by atoms with Gasteiger partial charge >= 0.3 is 5.97 Å². The molecule has 0 fully saturated rings. The summed E-state index contributed by atoms with van der Waals surface area (Å²) >= 11 is 0. The predicted octanol–water partition coefficient (Wildman–Crippen LogP) is 1.52. The second kappa shape index (κ2) is 3.92. The van der Waals surface area contributed by atoms with Crippen LogP contribution < -0.4 is 0 Å². The van der Waals surface area contributed by atoms with Crippen molar-refractivity contribution in [2.45, 2.75) is 6.29 Å². The molecule has 2 aromatic rings. The highest BCUT2D eigenvalue weighted by atomic mass is 16.5. The van der Waals surface area contributed by atoms with Crippen molar-refractivity contribution in [3.05, 3.63) is 47.5 Å². The standard InChI is InChI=1S/C12H10O4/c13-11(14)9-5-1-3-7-8(9)4-2-6-10(7)12(15)16/h1-6,11,13-14H,(H,15,16). The van der Waals surface area contributed by atoms with Crippen molar-refractivity contribution < 1.29 is 20.1 Å². The van der Waals surface area contributed by atoms with E-state index in [0.717, 1.165) is 0 Å². The van der Waals surface area contributed by atoms with Gasteiger partial charge in [0, 0.05) is 5.56 Å². The lowest BCUT2D eigenvalue weighted by molar-refractivity contribution is -0.0413. The minimum Gasteiger partial charge on any atom is -0.478 e. The monoisotopic (exact) mass is 218 g/mol. The molecule has 0 spiro atoms. The number of hydrogen-bond donors (Lipinski definition) is 3. The van der Waals surface area contributed by atoms with Crippen molar-refractivity contribution in [2.75, 3.05) is 0 Å². The Morgan fingerprint density at radius 2 is 1.62 bits per heavy atom. The zero-order valence-electron chi connectivity index (χ0n) is 8.29. The van der Waals surface area contributed by atoms with Crippen LogP contribution in [0.4, 0.5) is 0 Å². The maximum absolute atomic E-state index is 11.0. The summed E-state index contributed by atoms with van der Waals surface area (Å²) in [4.78, 5) is 11.0. The summed E-state index contributed by atoms with van der Waals surface area (Å²) in [7, 11) is 0. The van der Waals surface area contributed by atoms with E-state index in [1.807, 2.05) is 0 Å². The first kappa shape index (κ1) is 10.6. The van der Waals surface area contributed by atoms with Gasteiger partial charge in [0.1, 0.15) is 0 Å². The van der Waals surface area contributed by atoms with E-state index in [1.54, 1.807) is 30.3 Å². The zero-order chi connectivity index (χ0) is 11.7. The molecule has 82 valence electrons. The average Bonchev–Trinajstić information content (AvgIpc) is 2.27. The van der Waals surface area contributed by atoms with Crippen LogP contribution in [0.3, 0.4) is 0 Å². The van der Waals surface area contributed by atoms with Crippen molar-refractivity contribution in [1.29, 1.82) is 0 Å². The summed E-state index contributed by atoms with van der Waals surface area (Å²) in [6.45, 7) is 0. The number of aromatic carboxylic acids is 1. The van der Waals surface area contributed by atoms with Crippen molar-refractivity contribution in [2.24, 2.45) is 0 Å². The molecule has 0 saturated carbocycles. The van der Waals surface area contributed by atoms with Crippen LogP contribution in [-0.4, -0.2) is 21.3 Å². The Balaban J connectivity index is 2.81. The van der Waals surface area contributed by atoms with Gasteiger partial charge in [-0.3, -0.25) is 0 Å². The van der Waals surface area contributed by atoms with Crippen molar-refractivity contribution >= 4 is 16.7 Å². The minimum atomic E-state index is -1.60. The summed E-state index contributed by atoms with van der Waals surface area (Å²) in [6, 6.07) is 9.53. The van der Waals surface area contributed by atoms with Crippen LogP contribution in [0.5, 0.6) is 0 Å². The van der Waals surface area contributed by atoms with Gasteiger partial charge in [-0.15, -0.1) is 0 Å². The van der Waals surface area contributed by atoms with Gasteiger partial charge in [-0.25, -0.2) is 4.79 Å². The van der Waals surface area contributed by atoms with Gasteiger partial charge in [0.05, 0.1) is 5.56 Å². The molecule has 0 amide bonds. The minimum absolute atomic E-state index is 0.153. The smallest absolute Gasteiger partial charge is 0.336 e. The number of benzene rings is 2. The largest absolute Gasteiger partial charge is 0.478 e. The van der Waals surface area contributed by atoms with E-state index in [9.17, 15) is 4.79 Å². The van der Waals surface area contributed by atoms with E-state index in [0.29, 0.717) is 16.3 Å². The Bertz CT molecular complexity index is 546. The topological polar surface area (TPSA) is 77.8 Å². The van der Waals surface area contributed by atoms with Crippen molar-refractivity contribution in [3.63, 3.8) is 0 Å². The Hall–Kier alpha value is -1.91. The fourth-order valence-electron chi connectivity index (χ4n) is 1.75. The number of fused-ring (bicyclic) bond motifs is 1. The first-order valence-electron chi connectivity index (χ1n) is 4.72. The van der Waals surface area contributed by atoms with Crippen LogP contribution in [-0.2, 0) is 0 Å². The molecule has 0 aliphatic heterocycles. The molecule has 0 atom stereocenters. The summed E-state index contributed by atoms with van der Waals surface area (Å²) in [6.07, 6.45) is -1.60. The summed E-state index contributed by atoms with van der Waals surface area (Å²) in [5.74, 6) is -1.03. The van der Waals surface area contributed by atoms with Gasteiger partial charge in [-0.05, 0) is 16.8 Å².